The van der Waals surface area contributed by atoms with Gasteiger partial charge in [-0.2, -0.15) is 13.2 Å². The van der Waals surface area contributed by atoms with E-state index in [4.69, 9.17) is 11.6 Å². The molecule has 1 saturated carbocycles. The Morgan fingerprint density at radius 1 is 1.30 bits per heavy atom. The van der Waals surface area contributed by atoms with Crippen LogP contribution in [0.15, 0.2) is 12.1 Å². The van der Waals surface area contributed by atoms with Crippen LogP contribution in [0.5, 0.6) is 0 Å². The molecule has 110 valence electrons. The van der Waals surface area contributed by atoms with Crippen LogP contribution in [-0.2, 0) is 0 Å². The number of nitrogens with one attached hydrogen (secondary N) is 1. The molecule has 0 spiro atoms. The molecular weight excluding hydrogens is 293 g/mol. The number of rotatable bonds is 3. The average molecular weight is 307 g/mol. The minimum absolute atomic E-state index is 0.170. The molecule has 0 bridgehead atoms. The van der Waals surface area contributed by atoms with E-state index in [1.165, 1.54) is 0 Å². The van der Waals surface area contributed by atoms with Crippen LogP contribution in [0.2, 0.25) is 5.15 Å². The van der Waals surface area contributed by atoms with E-state index in [1.54, 1.807) is 12.1 Å². The normalized spacial score (nSPS) is 25.0. The van der Waals surface area contributed by atoms with Crippen molar-refractivity contribution in [2.75, 3.05) is 18.0 Å². The van der Waals surface area contributed by atoms with Crippen molar-refractivity contribution in [3.05, 3.63) is 17.3 Å². The monoisotopic (exact) mass is 306 g/mol. The second-order valence-electron chi connectivity index (χ2n) is 5.37. The van der Waals surface area contributed by atoms with Gasteiger partial charge in [0.1, 0.15) is 5.54 Å². The Morgan fingerprint density at radius 2 is 2.05 bits per heavy atom. The molecule has 4 nitrogen and oxygen atoms in total. The highest BCUT2D eigenvalue weighted by atomic mass is 35.5. The fourth-order valence-corrected chi connectivity index (χ4v) is 2.69. The Balaban J connectivity index is 1.62. The molecule has 1 aromatic heterocycles. The van der Waals surface area contributed by atoms with E-state index in [1.807, 2.05) is 4.90 Å². The minimum Gasteiger partial charge on any atom is -0.354 e. The van der Waals surface area contributed by atoms with Crippen molar-refractivity contribution in [1.82, 2.24) is 15.5 Å². The van der Waals surface area contributed by atoms with Crippen molar-refractivity contribution >= 4 is 17.4 Å². The van der Waals surface area contributed by atoms with Crippen LogP contribution >= 0.6 is 11.6 Å². The zero-order chi connectivity index (χ0) is 14.4. The van der Waals surface area contributed by atoms with Gasteiger partial charge >= 0.3 is 6.18 Å². The topological polar surface area (TPSA) is 41.0 Å². The van der Waals surface area contributed by atoms with Gasteiger partial charge in [0.2, 0.25) is 0 Å². The van der Waals surface area contributed by atoms with Crippen LogP contribution in [0.3, 0.4) is 0 Å². The quantitative estimate of drug-likeness (QED) is 0.931. The minimum atomic E-state index is -4.17. The van der Waals surface area contributed by atoms with Crippen molar-refractivity contribution in [3.63, 3.8) is 0 Å². The lowest BCUT2D eigenvalue weighted by molar-refractivity contribution is -0.167. The number of hydrogen-bond acceptors (Lipinski definition) is 4. The summed E-state index contributed by atoms with van der Waals surface area (Å²) in [6, 6.07) is 3.19. The Kier molecular flexibility index (Phi) is 3.29. The molecule has 20 heavy (non-hydrogen) atoms. The largest absolute Gasteiger partial charge is 0.406 e. The predicted octanol–water partition coefficient (Wildman–Crippen LogP) is 2.39. The van der Waals surface area contributed by atoms with Gasteiger partial charge in [-0.3, -0.25) is 5.32 Å². The molecule has 1 saturated heterocycles. The number of aromatic nitrogens is 2. The van der Waals surface area contributed by atoms with Crippen LogP contribution in [0.4, 0.5) is 19.0 Å². The van der Waals surface area contributed by atoms with E-state index < -0.39 is 11.7 Å². The van der Waals surface area contributed by atoms with Crippen molar-refractivity contribution in [2.24, 2.45) is 0 Å². The first kappa shape index (κ1) is 13.9. The summed E-state index contributed by atoms with van der Waals surface area (Å²) in [5.74, 6) is 0.649. The molecule has 3 rings (SSSR count). The maximum absolute atomic E-state index is 12.9. The van der Waals surface area contributed by atoms with E-state index in [-0.39, 0.29) is 18.9 Å². The van der Waals surface area contributed by atoms with E-state index in [2.05, 4.69) is 15.5 Å². The highest BCUT2D eigenvalue weighted by Gasteiger charge is 2.63. The van der Waals surface area contributed by atoms with Crippen molar-refractivity contribution in [3.8, 4) is 0 Å². The third-order valence-corrected chi connectivity index (χ3v) is 4.10. The van der Waals surface area contributed by atoms with Gasteiger partial charge in [-0.1, -0.05) is 11.6 Å². The molecule has 0 radical (unpaired) electrons. The van der Waals surface area contributed by atoms with Gasteiger partial charge in [0, 0.05) is 19.1 Å². The molecule has 8 heteroatoms. The lowest BCUT2D eigenvalue weighted by atomic mass is 10.2. The van der Waals surface area contributed by atoms with Crippen LogP contribution in [-0.4, -0.2) is 41.0 Å². The van der Waals surface area contributed by atoms with Crippen LogP contribution < -0.4 is 10.2 Å². The summed E-state index contributed by atoms with van der Waals surface area (Å²) >= 11 is 5.66. The zero-order valence-corrected chi connectivity index (χ0v) is 11.4. The smallest absolute Gasteiger partial charge is 0.354 e. The summed E-state index contributed by atoms with van der Waals surface area (Å²) in [6.45, 7) is 1.18. The van der Waals surface area contributed by atoms with Gasteiger partial charge in [0.25, 0.3) is 0 Å². The second-order valence-corrected chi connectivity index (χ2v) is 5.76. The predicted molar refractivity (Wildman–Crippen MR) is 68.8 cm³/mol. The van der Waals surface area contributed by atoms with E-state index in [9.17, 15) is 13.2 Å². The molecule has 1 unspecified atom stereocenters. The Labute approximate surface area is 119 Å². The summed E-state index contributed by atoms with van der Waals surface area (Å²) in [5, 5.41) is 10.8. The van der Waals surface area contributed by atoms with Crippen LogP contribution in [0, 0.1) is 0 Å². The lowest BCUT2D eigenvalue weighted by Gasteiger charge is -2.25. The van der Waals surface area contributed by atoms with Gasteiger partial charge in [-0.25, -0.2) is 0 Å². The van der Waals surface area contributed by atoms with Crippen LogP contribution in [0.25, 0.3) is 0 Å². The number of hydrogen-bond donors (Lipinski definition) is 1. The SMILES string of the molecule is FC(F)(F)C1(NC2CCN(c3ccc(Cl)nn3)C2)CC1. The highest BCUT2D eigenvalue weighted by molar-refractivity contribution is 6.29. The van der Waals surface area contributed by atoms with Crippen LogP contribution in [0.1, 0.15) is 19.3 Å². The first-order chi connectivity index (χ1) is 9.40. The Morgan fingerprint density at radius 3 is 2.60 bits per heavy atom. The molecule has 1 atom stereocenters. The third-order valence-electron chi connectivity index (χ3n) is 3.90. The fraction of sp³-hybridized carbons (Fsp3) is 0.667. The van der Waals surface area contributed by atoms with E-state index in [0.717, 1.165) is 0 Å². The standard InChI is InChI=1S/C12H14ClF3N4/c13-9-1-2-10(19-18-9)20-6-3-8(7-20)17-11(4-5-11)12(14,15)16/h1-2,8,17H,3-7H2. The Hall–Kier alpha value is -1.08. The molecule has 2 aliphatic rings. The maximum Gasteiger partial charge on any atom is 0.406 e. The number of anilines is 1. The summed E-state index contributed by atoms with van der Waals surface area (Å²) < 4.78 is 38.7. The molecule has 1 aromatic rings. The van der Waals surface area contributed by atoms with Crippen molar-refractivity contribution in [2.45, 2.75) is 37.0 Å². The summed E-state index contributed by atoms with van der Waals surface area (Å²) in [7, 11) is 0. The first-order valence-electron chi connectivity index (χ1n) is 6.48. The van der Waals surface area contributed by atoms with Gasteiger partial charge in [0.05, 0.1) is 0 Å². The molecule has 1 N–H and O–H groups in total. The fourth-order valence-electron chi connectivity index (χ4n) is 2.59. The maximum atomic E-state index is 12.9. The number of halogens is 4. The summed E-state index contributed by atoms with van der Waals surface area (Å²) in [5.41, 5.74) is -1.65. The summed E-state index contributed by atoms with van der Waals surface area (Å²) in [4.78, 5) is 1.92. The molecular formula is C12H14ClF3N4. The van der Waals surface area contributed by atoms with Gasteiger partial charge in [-0.15, -0.1) is 10.2 Å². The highest BCUT2D eigenvalue weighted by Crippen LogP contribution is 2.49. The first-order valence-corrected chi connectivity index (χ1v) is 6.86. The molecule has 1 aliphatic carbocycles. The zero-order valence-electron chi connectivity index (χ0n) is 10.6. The summed E-state index contributed by atoms with van der Waals surface area (Å²) in [6.07, 6.45) is -3.15. The van der Waals surface area contributed by atoms with E-state index in [0.29, 0.717) is 30.5 Å². The van der Waals surface area contributed by atoms with E-state index >= 15 is 0 Å². The second kappa shape index (κ2) is 4.73. The number of nitrogens with zero attached hydrogens (tertiary/aromatic N) is 3. The molecule has 0 aromatic carbocycles. The third kappa shape index (κ3) is 2.56. The molecule has 2 heterocycles. The van der Waals surface area contributed by atoms with Gasteiger partial charge in [0.15, 0.2) is 11.0 Å². The number of alkyl halides is 3. The average Bonchev–Trinajstić information content (AvgIpc) is 3.02. The molecule has 0 amide bonds. The molecule has 1 aliphatic heterocycles. The lowest BCUT2D eigenvalue weighted by Crippen LogP contribution is -2.50. The van der Waals surface area contributed by atoms with Gasteiger partial charge < -0.3 is 4.90 Å². The van der Waals surface area contributed by atoms with Crippen molar-refractivity contribution in [1.29, 1.82) is 0 Å². The molecule has 2 fully saturated rings. The Bertz CT molecular complexity index is 486. The van der Waals surface area contributed by atoms with Crippen molar-refractivity contribution < 1.29 is 13.2 Å². The van der Waals surface area contributed by atoms with Gasteiger partial charge in [-0.05, 0) is 31.4 Å².